The van der Waals surface area contributed by atoms with E-state index in [4.69, 9.17) is 16.7 Å². The van der Waals surface area contributed by atoms with Gasteiger partial charge in [-0.25, -0.2) is 5.84 Å². The molecule has 3 rings (SSSR count). The monoisotopic (exact) mass is 533 g/mol. The van der Waals surface area contributed by atoms with Gasteiger partial charge in [0.2, 0.25) is 0 Å². The molecule has 0 saturated carbocycles. The summed E-state index contributed by atoms with van der Waals surface area (Å²) >= 11 is 0. The van der Waals surface area contributed by atoms with E-state index in [1.807, 2.05) is 6.92 Å². The second kappa shape index (κ2) is 11.5. The summed E-state index contributed by atoms with van der Waals surface area (Å²) in [6.07, 6.45) is -2.70. The number of carbonyl (C=O) groups excluding carboxylic acids is 1. The van der Waals surface area contributed by atoms with Gasteiger partial charge in [-0.05, 0) is 49.7 Å². The summed E-state index contributed by atoms with van der Waals surface area (Å²) in [7, 11) is 1.78. The van der Waals surface area contributed by atoms with Crippen molar-refractivity contribution in [1.82, 2.24) is 9.78 Å². The van der Waals surface area contributed by atoms with Gasteiger partial charge in [-0.3, -0.25) is 14.5 Å². The molecule has 3 aromatic rings. The number of aliphatic hydroxyl groups is 2. The Labute approximate surface area is 217 Å². The summed E-state index contributed by atoms with van der Waals surface area (Å²) in [5.74, 6) is 5.53. The molecule has 0 aliphatic heterocycles. The lowest BCUT2D eigenvalue weighted by molar-refractivity contribution is -0.137. The first-order valence-corrected chi connectivity index (χ1v) is 11.5. The lowest BCUT2D eigenvalue weighted by atomic mass is 10.1. The first-order valence-electron chi connectivity index (χ1n) is 11.5. The van der Waals surface area contributed by atoms with Gasteiger partial charge in [0.15, 0.2) is 0 Å². The van der Waals surface area contributed by atoms with Crippen LogP contribution >= 0.6 is 0 Å². The minimum atomic E-state index is -4.64. The van der Waals surface area contributed by atoms with Crippen molar-refractivity contribution in [1.29, 1.82) is 0 Å². The number of alkyl halides is 3. The van der Waals surface area contributed by atoms with Crippen molar-refractivity contribution in [2.24, 2.45) is 18.6 Å². The average Bonchev–Trinajstić information content (AvgIpc) is 3.20. The van der Waals surface area contributed by atoms with Crippen LogP contribution < -0.4 is 27.2 Å². The highest BCUT2D eigenvalue weighted by Crippen LogP contribution is 2.34. The summed E-state index contributed by atoms with van der Waals surface area (Å²) in [6, 6.07) is 7.41. The Morgan fingerprint density at radius 1 is 1.21 bits per heavy atom. The Balaban J connectivity index is 1.90. The molecule has 0 spiro atoms. The van der Waals surface area contributed by atoms with Gasteiger partial charge in [0.05, 0.1) is 47.2 Å². The molecule has 0 bridgehead atoms. The number of benzene rings is 2. The van der Waals surface area contributed by atoms with Crippen LogP contribution in [0.3, 0.4) is 0 Å². The maximum absolute atomic E-state index is 13.3. The summed E-state index contributed by atoms with van der Waals surface area (Å²) in [5.41, 5.74) is 8.35. The lowest BCUT2D eigenvalue weighted by Gasteiger charge is -2.20. The van der Waals surface area contributed by atoms with Gasteiger partial charge in [0.1, 0.15) is 0 Å². The van der Waals surface area contributed by atoms with Crippen LogP contribution in [-0.4, -0.2) is 45.2 Å². The second-order valence-electron chi connectivity index (χ2n) is 8.69. The van der Waals surface area contributed by atoms with Gasteiger partial charge in [0, 0.05) is 36.6 Å². The van der Waals surface area contributed by atoms with Crippen molar-refractivity contribution >= 4 is 28.7 Å². The van der Waals surface area contributed by atoms with E-state index in [-0.39, 0.29) is 23.5 Å². The molecule has 10 nitrogen and oxygen atoms in total. The first kappa shape index (κ1) is 28.5. The number of hydrazine groups is 1. The van der Waals surface area contributed by atoms with Gasteiger partial charge >= 0.3 is 6.18 Å². The lowest BCUT2D eigenvalue weighted by Crippen LogP contribution is -2.27. The standard InChI is InChI=1S/C25H30F3N7O3/c1-14-4-5-16(8-23(14)35(30)12-20(29)19-11-32-34(3)15(19)2)24(38)33-22-9-17(25(26,27)28)6-7-21(22)31-10-18(37)13-36/h4-9,11-12,18,31,36-37H,10,13,29-30H2,1-3H3,(H,33,38)/b20-12-/t18-/m0/s1. The molecule has 1 aromatic heterocycles. The fourth-order valence-corrected chi connectivity index (χ4v) is 3.56. The number of amides is 1. The van der Waals surface area contributed by atoms with E-state index in [2.05, 4.69) is 15.7 Å². The largest absolute Gasteiger partial charge is 0.416 e. The number of rotatable bonds is 9. The Kier molecular flexibility index (Phi) is 8.66. The molecule has 0 fully saturated rings. The molecule has 0 radical (unpaired) electrons. The van der Waals surface area contributed by atoms with Crippen LogP contribution in [0.2, 0.25) is 0 Å². The van der Waals surface area contributed by atoms with Gasteiger partial charge in [-0.1, -0.05) is 6.07 Å². The fraction of sp³-hybridized carbons (Fsp3) is 0.280. The van der Waals surface area contributed by atoms with E-state index >= 15 is 0 Å². The SMILES string of the molecule is Cc1ccc(C(=O)Nc2cc(C(F)(F)F)ccc2NC[C@H](O)CO)cc1N(N)/C=C(\N)c1cnn(C)c1C. The number of hydrogen-bond donors (Lipinski definition) is 6. The van der Waals surface area contributed by atoms with Crippen LogP contribution in [0.25, 0.3) is 5.70 Å². The number of aryl methyl sites for hydroxylation is 2. The van der Waals surface area contributed by atoms with Crippen molar-refractivity contribution in [3.8, 4) is 0 Å². The Morgan fingerprint density at radius 3 is 2.53 bits per heavy atom. The highest BCUT2D eigenvalue weighted by molar-refractivity contribution is 6.06. The molecule has 0 saturated heterocycles. The predicted octanol–water partition coefficient (Wildman–Crippen LogP) is 2.71. The summed E-state index contributed by atoms with van der Waals surface area (Å²) < 4.78 is 41.6. The van der Waals surface area contributed by atoms with Crippen LogP contribution in [-0.2, 0) is 13.2 Å². The fourth-order valence-electron chi connectivity index (χ4n) is 3.56. The molecule has 38 heavy (non-hydrogen) atoms. The van der Waals surface area contributed by atoms with Crippen LogP contribution in [0, 0.1) is 13.8 Å². The van der Waals surface area contributed by atoms with E-state index in [1.165, 1.54) is 23.3 Å². The molecule has 2 aromatic carbocycles. The number of aromatic nitrogens is 2. The van der Waals surface area contributed by atoms with Gasteiger partial charge in [0.25, 0.3) is 5.91 Å². The molecule has 1 heterocycles. The van der Waals surface area contributed by atoms with Crippen LogP contribution in [0.5, 0.6) is 0 Å². The highest BCUT2D eigenvalue weighted by Gasteiger charge is 2.31. The Morgan fingerprint density at radius 2 is 1.92 bits per heavy atom. The molecule has 1 amide bonds. The number of nitrogens with one attached hydrogen (secondary N) is 2. The molecule has 8 N–H and O–H groups in total. The van der Waals surface area contributed by atoms with E-state index in [1.54, 1.807) is 30.9 Å². The van der Waals surface area contributed by atoms with Crippen molar-refractivity contribution in [2.45, 2.75) is 26.1 Å². The highest BCUT2D eigenvalue weighted by atomic mass is 19.4. The number of nitrogens with two attached hydrogens (primary N) is 2. The summed E-state index contributed by atoms with van der Waals surface area (Å²) in [6.45, 7) is 2.93. The van der Waals surface area contributed by atoms with Gasteiger partial charge < -0.3 is 26.6 Å². The summed E-state index contributed by atoms with van der Waals surface area (Å²) in [5, 5.41) is 29.2. The van der Waals surface area contributed by atoms with Crippen LogP contribution in [0.15, 0.2) is 48.8 Å². The third kappa shape index (κ3) is 6.62. The number of halogens is 3. The van der Waals surface area contributed by atoms with E-state index in [0.29, 0.717) is 16.9 Å². The second-order valence-corrected chi connectivity index (χ2v) is 8.69. The predicted molar refractivity (Wildman–Crippen MR) is 139 cm³/mol. The number of nitrogens with zero attached hydrogens (tertiary/aromatic N) is 3. The van der Waals surface area contributed by atoms with Gasteiger partial charge in [-0.15, -0.1) is 0 Å². The Hall–Kier alpha value is -4.07. The topological polar surface area (TPSA) is 155 Å². The zero-order chi connectivity index (χ0) is 28.2. The smallest absolute Gasteiger partial charge is 0.397 e. The Bertz CT molecular complexity index is 1340. The minimum Gasteiger partial charge on any atom is -0.397 e. The molecule has 204 valence electrons. The third-order valence-corrected chi connectivity index (χ3v) is 5.91. The third-order valence-electron chi connectivity index (χ3n) is 5.91. The first-order chi connectivity index (χ1) is 17.8. The number of aliphatic hydroxyl groups excluding tert-OH is 2. The number of carbonyl (C=O) groups is 1. The van der Waals surface area contributed by atoms with E-state index in [0.717, 1.165) is 29.5 Å². The van der Waals surface area contributed by atoms with Crippen LogP contribution in [0.1, 0.15) is 32.7 Å². The van der Waals surface area contributed by atoms with Crippen molar-refractivity contribution in [3.63, 3.8) is 0 Å². The van der Waals surface area contributed by atoms with E-state index in [9.17, 15) is 23.1 Å². The molecule has 13 heteroatoms. The van der Waals surface area contributed by atoms with Crippen LogP contribution in [0.4, 0.5) is 30.2 Å². The summed E-state index contributed by atoms with van der Waals surface area (Å²) in [4.78, 5) is 13.1. The van der Waals surface area contributed by atoms with E-state index < -0.39 is 30.4 Å². The maximum Gasteiger partial charge on any atom is 0.416 e. The number of hydrogen-bond acceptors (Lipinski definition) is 8. The quantitative estimate of drug-likeness (QED) is 0.181. The normalized spacial score (nSPS) is 12.8. The molecule has 0 unspecified atom stereocenters. The van der Waals surface area contributed by atoms with Gasteiger partial charge in [-0.2, -0.15) is 18.3 Å². The zero-order valence-corrected chi connectivity index (χ0v) is 21.0. The van der Waals surface area contributed by atoms with Crippen molar-refractivity contribution in [3.05, 3.63) is 76.7 Å². The minimum absolute atomic E-state index is 0.129. The average molecular weight is 534 g/mol. The molecule has 1 atom stereocenters. The molecule has 0 aliphatic carbocycles. The number of anilines is 3. The zero-order valence-electron chi connectivity index (χ0n) is 21.0. The molecule has 0 aliphatic rings. The maximum atomic E-state index is 13.3. The molecular weight excluding hydrogens is 503 g/mol. The molecular formula is C25H30F3N7O3. The van der Waals surface area contributed by atoms with Crippen molar-refractivity contribution in [2.75, 3.05) is 28.8 Å². The van der Waals surface area contributed by atoms with Crippen molar-refractivity contribution < 1.29 is 28.2 Å².